The first kappa shape index (κ1) is 10.2. The number of benzene rings is 1. The summed E-state index contributed by atoms with van der Waals surface area (Å²) in [5.41, 5.74) is 2.10. The van der Waals surface area contributed by atoms with Crippen LogP contribution in [-0.4, -0.2) is 0 Å². The van der Waals surface area contributed by atoms with E-state index in [2.05, 4.69) is 18.4 Å². The lowest BCUT2D eigenvalue weighted by Crippen LogP contribution is -1.82. The van der Waals surface area contributed by atoms with Gasteiger partial charge >= 0.3 is 0 Å². The van der Waals surface area contributed by atoms with E-state index in [4.69, 9.17) is 5.26 Å². The summed E-state index contributed by atoms with van der Waals surface area (Å²) < 4.78 is 1.27. The maximum absolute atomic E-state index is 8.84. The Hall–Kier alpha value is -1.33. The summed E-state index contributed by atoms with van der Waals surface area (Å²) >= 11 is 1.75. The largest absolute Gasteiger partial charge is 0.192 e. The maximum atomic E-state index is 8.84. The Labute approximate surface area is 94.0 Å². The smallest absolute Gasteiger partial charge is 0.0991 e. The number of unbranched alkanes of at least 4 members (excludes halogenated alkanes) is 1. The summed E-state index contributed by atoms with van der Waals surface area (Å²) in [7, 11) is 0. The first-order chi connectivity index (χ1) is 7.35. The summed E-state index contributed by atoms with van der Waals surface area (Å²) in [6, 6.07) is 8.09. The summed E-state index contributed by atoms with van der Waals surface area (Å²) in [5.74, 6) is 0. The van der Waals surface area contributed by atoms with Crippen molar-refractivity contribution in [3.63, 3.8) is 0 Å². The van der Waals surface area contributed by atoms with Crippen molar-refractivity contribution < 1.29 is 0 Å². The normalized spacial score (nSPS) is 10.4. The quantitative estimate of drug-likeness (QED) is 0.759. The van der Waals surface area contributed by atoms with Crippen LogP contribution in [0.1, 0.15) is 24.0 Å². The molecule has 0 unspecified atom stereocenters. The third kappa shape index (κ3) is 2.03. The van der Waals surface area contributed by atoms with Gasteiger partial charge in [0.15, 0.2) is 0 Å². The van der Waals surface area contributed by atoms with Gasteiger partial charge in [0.2, 0.25) is 0 Å². The molecule has 0 saturated heterocycles. The van der Waals surface area contributed by atoms with Gasteiger partial charge in [-0.05, 0) is 47.4 Å². The lowest BCUT2D eigenvalue weighted by molar-refractivity contribution is 0.848. The van der Waals surface area contributed by atoms with Crippen LogP contribution in [0.2, 0.25) is 0 Å². The van der Waals surface area contributed by atoms with Gasteiger partial charge < -0.3 is 0 Å². The molecule has 1 aromatic heterocycles. The molecule has 1 radical (unpaired) electrons. The van der Waals surface area contributed by atoms with E-state index in [1.165, 1.54) is 15.6 Å². The van der Waals surface area contributed by atoms with Gasteiger partial charge in [0, 0.05) is 4.70 Å². The molecule has 15 heavy (non-hydrogen) atoms. The zero-order valence-corrected chi connectivity index (χ0v) is 9.31. The molecule has 0 atom stereocenters. The first-order valence-corrected chi connectivity index (χ1v) is 5.92. The fraction of sp³-hybridized carbons (Fsp3) is 0.231. The monoisotopic (exact) mass is 214 g/mol. The minimum absolute atomic E-state index is 0.747. The van der Waals surface area contributed by atoms with Crippen molar-refractivity contribution in [3.05, 3.63) is 41.6 Å². The highest BCUT2D eigenvalue weighted by Crippen LogP contribution is 2.27. The van der Waals surface area contributed by atoms with Crippen LogP contribution < -0.4 is 0 Å². The van der Waals surface area contributed by atoms with Gasteiger partial charge in [-0.3, -0.25) is 0 Å². The number of hydrogen-bond donors (Lipinski definition) is 0. The molecule has 0 N–H and O–H groups in total. The fourth-order valence-corrected chi connectivity index (χ4v) is 2.64. The molecule has 0 spiro atoms. The molecular weight excluding hydrogens is 202 g/mol. The predicted octanol–water partition coefficient (Wildman–Crippen LogP) is 3.93. The standard InChI is InChI=1S/C13H12NS/c1-2-3-4-11-9-15-13-6-5-10(8-14)7-12(11)13/h5-7,9H,1-4H2. The SMILES string of the molecule is [CH2]CCCc1csc2ccc(C#N)cc12. The van der Waals surface area contributed by atoms with E-state index in [1.54, 1.807) is 11.3 Å². The van der Waals surface area contributed by atoms with Crippen LogP contribution in [0.3, 0.4) is 0 Å². The Morgan fingerprint density at radius 1 is 1.40 bits per heavy atom. The Morgan fingerprint density at radius 2 is 2.27 bits per heavy atom. The van der Waals surface area contributed by atoms with E-state index in [1.807, 2.05) is 18.2 Å². The van der Waals surface area contributed by atoms with Gasteiger partial charge in [-0.25, -0.2) is 0 Å². The maximum Gasteiger partial charge on any atom is 0.0991 e. The van der Waals surface area contributed by atoms with Crippen LogP contribution in [0.15, 0.2) is 23.6 Å². The highest BCUT2D eigenvalue weighted by Gasteiger charge is 2.04. The Bertz CT molecular complexity index is 505. The second-order valence-electron chi connectivity index (χ2n) is 3.54. The van der Waals surface area contributed by atoms with Crippen LogP contribution in [-0.2, 0) is 6.42 Å². The third-order valence-corrected chi connectivity index (χ3v) is 3.49. The topological polar surface area (TPSA) is 23.8 Å². The van der Waals surface area contributed by atoms with Crippen molar-refractivity contribution in [2.45, 2.75) is 19.3 Å². The molecule has 2 rings (SSSR count). The van der Waals surface area contributed by atoms with E-state index in [9.17, 15) is 0 Å². The van der Waals surface area contributed by atoms with Crippen LogP contribution >= 0.6 is 11.3 Å². The molecule has 1 heterocycles. The molecular formula is C13H12NS. The molecule has 0 aliphatic heterocycles. The highest BCUT2D eigenvalue weighted by molar-refractivity contribution is 7.17. The predicted molar refractivity (Wildman–Crippen MR) is 64.8 cm³/mol. The second-order valence-corrected chi connectivity index (χ2v) is 4.45. The van der Waals surface area contributed by atoms with Crippen LogP contribution in [0.5, 0.6) is 0 Å². The lowest BCUT2D eigenvalue weighted by atomic mass is 10.1. The summed E-state index contributed by atoms with van der Waals surface area (Å²) in [4.78, 5) is 0. The van der Waals surface area contributed by atoms with Crippen LogP contribution in [0.4, 0.5) is 0 Å². The molecule has 1 aromatic carbocycles. The molecule has 75 valence electrons. The molecule has 0 saturated carbocycles. The number of fused-ring (bicyclic) bond motifs is 1. The van der Waals surface area contributed by atoms with E-state index < -0.39 is 0 Å². The molecule has 2 heteroatoms. The zero-order valence-electron chi connectivity index (χ0n) is 8.49. The van der Waals surface area contributed by atoms with E-state index >= 15 is 0 Å². The minimum atomic E-state index is 0.747. The number of nitriles is 1. The molecule has 0 aliphatic carbocycles. The van der Waals surface area contributed by atoms with Gasteiger partial charge in [0.05, 0.1) is 11.6 Å². The van der Waals surface area contributed by atoms with Gasteiger partial charge in [0.1, 0.15) is 0 Å². The first-order valence-electron chi connectivity index (χ1n) is 5.04. The summed E-state index contributed by atoms with van der Waals surface area (Å²) in [6.07, 6.45) is 3.15. The average molecular weight is 214 g/mol. The fourth-order valence-electron chi connectivity index (χ4n) is 1.66. The number of nitrogens with zero attached hydrogens (tertiary/aromatic N) is 1. The Kier molecular flexibility index (Phi) is 3.03. The van der Waals surface area contributed by atoms with Crippen molar-refractivity contribution in [2.75, 3.05) is 0 Å². The van der Waals surface area contributed by atoms with Gasteiger partial charge in [-0.15, -0.1) is 11.3 Å². The number of hydrogen-bond acceptors (Lipinski definition) is 2. The van der Waals surface area contributed by atoms with Crippen molar-refractivity contribution in [2.24, 2.45) is 0 Å². The Morgan fingerprint density at radius 3 is 3.00 bits per heavy atom. The van der Waals surface area contributed by atoms with Gasteiger partial charge in [0.25, 0.3) is 0 Å². The van der Waals surface area contributed by atoms with Crippen molar-refractivity contribution in [1.82, 2.24) is 0 Å². The van der Waals surface area contributed by atoms with Crippen molar-refractivity contribution in [3.8, 4) is 6.07 Å². The number of aryl methyl sites for hydroxylation is 1. The average Bonchev–Trinajstić information content (AvgIpc) is 2.68. The van der Waals surface area contributed by atoms with Crippen LogP contribution in [0.25, 0.3) is 10.1 Å². The lowest BCUT2D eigenvalue weighted by Gasteiger charge is -1.97. The van der Waals surface area contributed by atoms with Crippen molar-refractivity contribution in [1.29, 1.82) is 5.26 Å². The van der Waals surface area contributed by atoms with Crippen molar-refractivity contribution >= 4 is 21.4 Å². The Balaban J connectivity index is 2.43. The molecule has 2 aromatic rings. The van der Waals surface area contributed by atoms with Gasteiger partial charge in [-0.1, -0.05) is 13.3 Å². The van der Waals surface area contributed by atoms with E-state index in [0.29, 0.717) is 0 Å². The van der Waals surface area contributed by atoms with Gasteiger partial charge in [-0.2, -0.15) is 5.26 Å². The van der Waals surface area contributed by atoms with E-state index in [0.717, 1.165) is 24.8 Å². The number of rotatable bonds is 3. The van der Waals surface area contributed by atoms with E-state index in [-0.39, 0.29) is 0 Å². The molecule has 1 nitrogen and oxygen atoms in total. The summed E-state index contributed by atoms with van der Waals surface area (Å²) in [6.45, 7) is 3.85. The molecule has 0 amide bonds. The number of thiophene rings is 1. The van der Waals surface area contributed by atoms with Crippen LogP contribution in [0, 0.1) is 18.3 Å². The minimum Gasteiger partial charge on any atom is -0.192 e. The zero-order chi connectivity index (χ0) is 10.7. The molecule has 0 aliphatic rings. The second kappa shape index (κ2) is 4.46. The molecule has 0 bridgehead atoms. The highest BCUT2D eigenvalue weighted by atomic mass is 32.1. The third-order valence-electron chi connectivity index (χ3n) is 2.48. The molecule has 0 fully saturated rings. The summed E-state index contributed by atoms with van der Waals surface area (Å²) in [5, 5.41) is 12.3.